The molecule has 3 aliphatic heterocycles. The molecule has 194 valence electrons. The lowest BCUT2D eigenvalue weighted by Crippen LogP contribution is -2.43. The maximum Gasteiger partial charge on any atom is 0.230 e. The van der Waals surface area contributed by atoms with Crippen molar-refractivity contribution in [3.63, 3.8) is 0 Å². The number of ether oxygens (including phenoxy) is 2. The number of nitrogens with one attached hydrogen (secondary N) is 1. The summed E-state index contributed by atoms with van der Waals surface area (Å²) in [5.41, 5.74) is 5.37. The summed E-state index contributed by atoms with van der Waals surface area (Å²) in [6.07, 6.45) is 6.18. The Morgan fingerprint density at radius 1 is 1.08 bits per heavy atom. The molecule has 2 saturated heterocycles. The fourth-order valence-electron chi connectivity index (χ4n) is 5.92. The number of aromatic nitrogens is 3. The third-order valence-electron chi connectivity index (χ3n) is 8.08. The van der Waals surface area contributed by atoms with Crippen molar-refractivity contribution < 1.29 is 14.3 Å². The van der Waals surface area contributed by atoms with Crippen LogP contribution in [-0.2, 0) is 16.0 Å². The lowest BCUT2D eigenvalue weighted by atomic mass is 9.94. The fraction of sp³-hybridized carbons (Fsp3) is 0.483. The Balaban J connectivity index is 1.22. The first-order chi connectivity index (χ1) is 18.1. The fourth-order valence-corrected chi connectivity index (χ4v) is 5.92. The summed E-state index contributed by atoms with van der Waals surface area (Å²) < 4.78 is 10.9. The van der Waals surface area contributed by atoms with Gasteiger partial charge in [0.15, 0.2) is 0 Å². The average molecular weight is 502 g/mol. The van der Waals surface area contributed by atoms with Crippen molar-refractivity contribution in [1.82, 2.24) is 15.0 Å². The topological polar surface area (TPSA) is 83.6 Å². The molecule has 0 aliphatic carbocycles. The highest BCUT2D eigenvalue weighted by Crippen LogP contribution is 2.39. The number of aromatic amines is 1. The Kier molecular flexibility index (Phi) is 6.59. The van der Waals surface area contributed by atoms with Crippen LogP contribution < -0.4 is 14.5 Å². The number of fused-ring (bicyclic) bond motifs is 3. The lowest BCUT2D eigenvalue weighted by Gasteiger charge is -2.35. The van der Waals surface area contributed by atoms with Crippen LogP contribution in [0.1, 0.15) is 48.7 Å². The number of H-pyrrole nitrogens is 1. The van der Waals surface area contributed by atoms with E-state index in [2.05, 4.69) is 40.0 Å². The molecule has 8 heteroatoms. The Bertz CT molecular complexity index is 1270. The molecular weight excluding hydrogens is 466 g/mol. The molecule has 3 aromatic rings. The lowest BCUT2D eigenvalue weighted by molar-refractivity contribution is -0.123. The number of hydrogen-bond acceptors (Lipinski definition) is 6. The molecule has 0 spiro atoms. The van der Waals surface area contributed by atoms with Gasteiger partial charge in [-0.05, 0) is 50.8 Å². The van der Waals surface area contributed by atoms with Gasteiger partial charge in [0.05, 0.1) is 18.5 Å². The number of rotatable bonds is 4. The predicted molar refractivity (Wildman–Crippen MR) is 143 cm³/mol. The predicted octanol–water partition coefficient (Wildman–Crippen LogP) is 4.49. The number of carbonyl (C=O) groups excluding carboxylic acids is 1. The summed E-state index contributed by atoms with van der Waals surface area (Å²) in [5, 5.41) is 0. The zero-order valence-electron chi connectivity index (χ0n) is 21.7. The summed E-state index contributed by atoms with van der Waals surface area (Å²) in [4.78, 5) is 31.4. The third kappa shape index (κ3) is 4.70. The standard InChI is InChI=1S/C29H35N5O3/c1-19-3-4-25-23(17-19)27-24(31-28(32-27)20-9-15-37-16-10-20)8-14-34(25)29(35)21-6-12-33(13-7-21)26-18-22(36-2)5-11-30-26/h3-5,11,17-18,20-21H,6-10,12-16H2,1-2H3,(H,31,32). The third-order valence-corrected chi connectivity index (χ3v) is 8.08. The molecule has 37 heavy (non-hydrogen) atoms. The minimum absolute atomic E-state index is 0.00166. The maximum absolute atomic E-state index is 13.9. The summed E-state index contributed by atoms with van der Waals surface area (Å²) in [6.45, 7) is 5.96. The summed E-state index contributed by atoms with van der Waals surface area (Å²) in [7, 11) is 1.67. The van der Waals surface area contributed by atoms with E-state index < -0.39 is 0 Å². The molecule has 0 saturated carbocycles. The Hall–Kier alpha value is -3.39. The van der Waals surface area contributed by atoms with Crippen LogP contribution in [0.25, 0.3) is 11.3 Å². The van der Waals surface area contributed by atoms with Crippen molar-refractivity contribution in [2.24, 2.45) is 5.92 Å². The normalized spacial score (nSPS) is 18.8. The van der Waals surface area contributed by atoms with Gasteiger partial charge in [-0.2, -0.15) is 0 Å². The minimum Gasteiger partial charge on any atom is -0.497 e. The average Bonchev–Trinajstić information content (AvgIpc) is 3.32. The van der Waals surface area contributed by atoms with Gasteiger partial charge in [0.1, 0.15) is 17.4 Å². The quantitative estimate of drug-likeness (QED) is 0.567. The zero-order valence-corrected chi connectivity index (χ0v) is 21.7. The van der Waals surface area contributed by atoms with Crippen molar-refractivity contribution in [2.75, 3.05) is 49.8 Å². The van der Waals surface area contributed by atoms with Crippen molar-refractivity contribution in [1.29, 1.82) is 0 Å². The molecule has 5 heterocycles. The second-order valence-electron chi connectivity index (χ2n) is 10.4. The second-order valence-corrected chi connectivity index (χ2v) is 10.4. The summed E-state index contributed by atoms with van der Waals surface area (Å²) >= 11 is 0. The number of aryl methyl sites for hydroxylation is 1. The SMILES string of the molecule is COc1ccnc(N2CCC(C(=O)N3CCc4[nH]c(C5CCOCC5)nc4-c4cc(C)ccc43)CC2)c1. The Morgan fingerprint density at radius 3 is 2.68 bits per heavy atom. The number of pyridine rings is 1. The zero-order chi connectivity index (χ0) is 25.4. The first kappa shape index (κ1) is 24.0. The molecule has 2 aromatic heterocycles. The Labute approximate surface area is 218 Å². The van der Waals surface area contributed by atoms with Crippen LogP contribution in [0.4, 0.5) is 11.5 Å². The smallest absolute Gasteiger partial charge is 0.230 e. The molecule has 1 aromatic carbocycles. The van der Waals surface area contributed by atoms with E-state index in [0.29, 0.717) is 12.5 Å². The first-order valence-corrected chi connectivity index (χ1v) is 13.4. The van der Waals surface area contributed by atoms with E-state index in [1.807, 2.05) is 17.0 Å². The van der Waals surface area contributed by atoms with E-state index in [0.717, 1.165) is 98.4 Å². The number of carbonyl (C=O) groups is 1. The molecular formula is C29H35N5O3. The molecule has 0 bridgehead atoms. The highest BCUT2D eigenvalue weighted by atomic mass is 16.5. The molecule has 8 nitrogen and oxygen atoms in total. The Morgan fingerprint density at radius 2 is 1.89 bits per heavy atom. The highest BCUT2D eigenvalue weighted by molar-refractivity contribution is 5.99. The van der Waals surface area contributed by atoms with Crippen LogP contribution in [0.5, 0.6) is 5.75 Å². The molecule has 0 radical (unpaired) electrons. The monoisotopic (exact) mass is 501 g/mol. The number of piperidine rings is 1. The molecule has 0 unspecified atom stereocenters. The molecule has 0 atom stereocenters. The van der Waals surface area contributed by atoms with Crippen LogP contribution in [-0.4, -0.2) is 60.8 Å². The van der Waals surface area contributed by atoms with Crippen molar-refractivity contribution in [3.8, 4) is 17.0 Å². The van der Waals surface area contributed by atoms with Crippen LogP contribution in [0.15, 0.2) is 36.5 Å². The van der Waals surface area contributed by atoms with Crippen LogP contribution in [0.3, 0.4) is 0 Å². The number of amides is 1. The van der Waals surface area contributed by atoms with E-state index >= 15 is 0 Å². The van der Waals surface area contributed by atoms with Crippen molar-refractivity contribution in [2.45, 2.75) is 44.9 Å². The van der Waals surface area contributed by atoms with Gasteiger partial charge in [-0.15, -0.1) is 0 Å². The number of hydrogen-bond donors (Lipinski definition) is 1. The molecule has 3 aliphatic rings. The maximum atomic E-state index is 13.9. The number of nitrogens with zero attached hydrogens (tertiary/aromatic N) is 4. The van der Waals surface area contributed by atoms with E-state index in [-0.39, 0.29) is 11.8 Å². The van der Waals surface area contributed by atoms with Crippen LogP contribution in [0, 0.1) is 12.8 Å². The van der Waals surface area contributed by atoms with Gasteiger partial charge in [0.25, 0.3) is 0 Å². The van der Waals surface area contributed by atoms with Gasteiger partial charge in [-0.25, -0.2) is 9.97 Å². The van der Waals surface area contributed by atoms with E-state index in [4.69, 9.17) is 14.5 Å². The van der Waals surface area contributed by atoms with Gasteiger partial charge < -0.3 is 24.3 Å². The summed E-state index contributed by atoms with van der Waals surface area (Å²) in [6, 6.07) is 10.2. The first-order valence-electron chi connectivity index (χ1n) is 13.4. The van der Waals surface area contributed by atoms with Crippen molar-refractivity contribution >= 4 is 17.4 Å². The number of imidazole rings is 1. The number of anilines is 2. The van der Waals surface area contributed by atoms with Crippen molar-refractivity contribution in [3.05, 3.63) is 53.6 Å². The highest BCUT2D eigenvalue weighted by Gasteiger charge is 2.34. The largest absolute Gasteiger partial charge is 0.497 e. The summed E-state index contributed by atoms with van der Waals surface area (Å²) in [5.74, 6) is 3.41. The van der Waals surface area contributed by atoms with Gasteiger partial charge in [0.2, 0.25) is 5.91 Å². The van der Waals surface area contributed by atoms with Gasteiger partial charge in [-0.3, -0.25) is 4.79 Å². The molecule has 6 rings (SSSR count). The van der Waals surface area contributed by atoms with E-state index in [1.54, 1.807) is 13.3 Å². The molecule has 2 fully saturated rings. The van der Waals surface area contributed by atoms with Gasteiger partial charge >= 0.3 is 0 Å². The minimum atomic E-state index is -0.00166. The number of benzene rings is 1. The van der Waals surface area contributed by atoms with Crippen LogP contribution >= 0.6 is 0 Å². The van der Waals surface area contributed by atoms with Crippen LogP contribution in [0.2, 0.25) is 0 Å². The molecule has 1 N–H and O–H groups in total. The van der Waals surface area contributed by atoms with E-state index in [1.165, 1.54) is 5.56 Å². The molecule has 1 amide bonds. The van der Waals surface area contributed by atoms with Gasteiger partial charge in [-0.1, -0.05) is 11.6 Å². The van der Waals surface area contributed by atoms with Gasteiger partial charge in [0, 0.05) is 74.6 Å². The van der Waals surface area contributed by atoms with E-state index in [9.17, 15) is 4.79 Å². The number of methoxy groups -OCH3 is 1. The second kappa shape index (κ2) is 10.2.